The first-order valence-electron chi connectivity index (χ1n) is 22.9. The van der Waals surface area contributed by atoms with Crippen molar-refractivity contribution in [3.63, 3.8) is 0 Å². The Bertz CT molecular complexity index is 2290. The van der Waals surface area contributed by atoms with Gasteiger partial charge in [-0.15, -0.1) is 0 Å². The van der Waals surface area contributed by atoms with Crippen LogP contribution in [0.5, 0.6) is 0 Å². The molecule has 10 heteroatoms. The summed E-state index contributed by atoms with van der Waals surface area (Å²) in [6, 6.07) is 22.3. The quantitative estimate of drug-likeness (QED) is 0.0954. The minimum absolute atomic E-state index is 0.329. The van der Waals surface area contributed by atoms with E-state index in [1.165, 1.54) is 45.1 Å². The summed E-state index contributed by atoms with van der Waals surface area (Å²) in [5, 5.41) is 10.7. The highest BCUT2D eigenvalue weighted by Crippen LogP contribution is 2.34. The number of allylic oxidation sites excluding steroid dienone is 5. The normalized spacial score (nSPS) is 18.2. The Morgan fingerprint density at radius 2 is 1.71 bits per heavy atom. The minimum atomic E-state index is 0.329. The zero-order valence-electron chi connectivity index (χ0n) is 38.4. The summed E-state index contributed by atoms with van der Waals surface area (Å²) >= 11 is 0. The molecule has 0 bridgehead atoms. The van der Waals surface area contributed by atoms with E-state index >= 15 is 0 Å². The number of aliphatic imine (C=N–C) groups is 1. The van der Waals surface area contributed by atoms with Crippen LogP contribution in [0.25, 0.3) is 11.3 Å². The molecule has 3 N–H and O–H groups in total. The van der Waals surface area contributed by atoms with Crippen molar-refractivity contribution in [3.05, 3.63) is 137 Å². The van der Waals surface area contributed by atoms with E-state index in [0.29, 0.717) is 23.7 Å². The number of hydrogen-bond donors (Lipinski definition) is 3. The van der Waals surface area contributed by atoms with Gasteiger partial charge in [0.15, 0.2) is 0 Å². The molecular weight excluding hydrogens is 765 g/mol. The average molecular weight is 833 g/mol. The van der Waals surface area contributed by atoms with E-state index in [-0.39, 0.29) is 0 Å². The number of aromatic nitrogens is 3. The molecule has 2 aromatic heterocycles. The fourth-order valence-corrected chi connectivity index (χ4v) is 8.45. The number of rotatable bonds is 16. The Labute approximate surface area is 371 Å². The zero-order valence-corrected chi connectivity index (χ0v) is 38.4. The van der Waals surface area contributed by atoms with Crippen LogP contribution in [0.2, 0.25) is 0 Å². The van der Waals surface area contributed by atoms with Gasteiger partial charge in [0.25, 0.3) is 0 Å². The molecule has 1 unspecified atom stereocenters. The maximum Gasteiger partial charge on any atom is 0.135 e. The lowest BCUT2D eigenvalue weighted by molar-refractivity contribution is 0.231. The fourth-order valence-electron chi connectivity index (χ4n) is 8.45. The molecule has 4 aromatic rings. The summed E-state index contributed by atoms with van der Waals surface area (Å²) in [6.07, 6.45) is 13.3. The van der Waals surface area contributed by atoms with Crippen molar-refractivity contribution < 1.29 is 0 Å². The Balaban J connectivity index is 0.913. The first-order chi connectivity index (χ1) is 30.0. The largest absolute Gasteiger partial charge is 0.380 e. The second kappa shape index (κ2) is 20.4. The maximum atomic E-state index is 5.24. The highest BCUT2D eigenvalue weighted by atomic mass is 15.3. The van der Waals surface area contributed by atoms with Crippen LogP contribution in [0.3, 0.4) is 0 Å². The SMILES string of the molecule is C=C1CCN(c2ccc(CCN3CCN(c4ccc(Nc5cc(-c6ccc(CNC(C(=N/C(=C\CC)C(C)C)C(C)C)=C7CC7)c(C)c6)ncn5)nc4)C(C)C3)cc2)/C(=C/C)N1. The van der Waals surface area contributed by atoms with Gasteiger partial charge in [-0.2, -0.15) is 0 Å². The number of nitrogens with zero attached hydrogens (tertiary/aromatic N) is 7. The third-order valence-corrected chi connectivity index (χ3v) is 12.2. The molecule has 1 saturated carbocycles. The van der Waals surface area contributed by atoms with Crippen molar-refractivity contribution in [2.24, 2.45) is 16.8 Å². The van der Waals surface area contributed by atoms with Gasteiger partial charge < -0.3 is 25.8 Å². The smallest absolute Gasteiger partial charge is 0.135 e. The highest BCUT2D eigenvalue weighted by molar-refractivity contribution is 6.02. The number of piperazine rings is 1. The Morgan fingerprint density at radius 3 is 2.37 bits per heavy atom. The Morgan fingerprint density at radius 1 is 0.919 bits per heavy atom. The van der Waals surface area contributed by atoms with Gasteiger partial charge in [-0.25, -0.2) is 15.0 Å². The van der Waals surface area contributed by atoms with Crippen LogP contribution in [0.4, 0.5) is 23.0 Å². The lowest BCUT2D eigenvalue weighted by Gasteiger charge is -2.41. The molecule has 0 amide bonds. The van der Waals surface area contributed by atoms with Gasteiger partial charge in [-0.05, 0) is 117 Å². The van der Waals surface area contributed by atoms with Crippen molar-refractivity contribution in [2.75, 3.05) is 47.8 Å². The maximum absolute atomic E-state index is 5.24. The standard InChI is InChI=1S/C52H68N10/c1-10-12-46(35(3)4)58-51(36(5)6)52(41-15-16-41)54-31-43-18-17-42(29-37(43)7)47-30-49(56-34-55-47)59-48-22-21-45(32-53-48)61-28-27-60(33-39(61)9)25-24-40-13-19-44(20-14-40)62-26-23-38(8)57-50(62)11-2/h11-14,17-22,29-30,32,34-36,39,54,57H,8,10,15-16,23-28,31,33H2,1-7,9H3,(H,53,55,56,59)/b46-12-,50-11+,58-51?. The van der Waals surface area contributed by atoms with Crippen molar-refractivity contribution in [2.45, 2.75) is 100 Å². The second-order valence-corrected chi connectivity index (χ2v) is 17.7. The van der Waals surface area contributed by atoms with E-state index in [0.717, 1.165) is 106 Å². The van der Waals surface area contributed by atoms with Crippen LogP contribution >= 0.6 is 0 Å². The third kappa shape index (κ3) is 11.2. The predicted octanol–water partition coefficient (Wildman–Crippen LogP) is 10.7. The van der Waals surface area contributed by atoms with Gasteiger partial charge in [0.1, 0.15) is 23.8 Å². The van der Waals surface area contributed by atoms with Crippen LogP contribution in [0.1, 0.15) is 90.8 Å². The summed E-state index contributed by atoms with van der Waals surface area (Å²) in [5.74, 6) is 3.30. The molecule has 1 aliphatic carbocycles. The Hall–Kier alpha value is -5.74. The van der Waals surface area contributed by atoms with Crippen molar-refractivity contribution in [1.29, 1.82) is 0 Å². The molecule has 0 spiro atoms. The van der Waals surface area contributed by atoms with Crippen LogP contribution < -0.4 is 25.8 Å². The molecule has 4 heterocycles. The highest BCUT2D eigenvalue weighted by Gasteiger charge is 2.26. The molecule has 62 heavy (non-hydrogen) atoms. The number of pyridine rings is 1. The monoisotopic (exact) mass is 833 g/mol. The van der Waals surface area contributed by atoms with Gasteiger partial charge in [0.2, 0.25) is 0 Å². The number of nitrogens with one attached hydrogen (secondary N) is 3. The first-order valence-corrected chi connectivity index (χ1v) is 22.9. The lowest BCUT2D eigenvalue weighted by Crippen LogP contribution is -2.52. The van der Waals surface area contributed by atoms with E-state index < -0.39 is 0 Å². The van der Waals surface area contributed by atoms with Gasteiger partial charge in [-0.3, -0.25) is 9.89 Å². The molecule has 3 aliphatic rings. The number of anilines is 4. The van der Waals surface area contributed by atoms with E-state index in [9.17, 15) is 0 Å². The molecule has 2 aliphatic heterocycles. The fraction of sp³-hybridized carbons (Fsp3) is 0.423. The number of hydrogen-bond acceptors (Lipinski definition) is 10. The average Bonchev–Trinajstić information content (AvgIpc) is 4.12. The summed E-state index contributed by atoms with van der Waals surface area (Å²) in [6.45, 7) is 27.6. The zero-order chi connectivity index (χ0) is 43.8. The van der Waals surface area contributed by atoms with Crippen molar-refractivity contribution in [3.8, 4) is 11.3 Å². The topological polar surface area (TPSA) is 96.8 Å². The number of benzene rings is 2. The second-order valence-electron chi connectivity index (χ2n) is 17.7. The van der Waals surface area contributed by atoms with Gasteiger partial charge >= 0.3 is 0 Å². The molecule has 1 atom stereocenters. The van der Waals surface area contributed by atoms with Crippen molar-refractivity contribution >= 4 is 28.7 Å². The van der Waals surface area contributed by atoms with Gasteiger partial charge in [0, 0.05) is 80.4 Å². The first kappa shape index (κ1) is 44.3. The summed E-state index contributed by atoms with van der Waals surface area (Å²) in [7, 11) is 0. The van der Waals surface area contributed by atoms with Crippen LogP contribution in [-0.4, -0.2) is 64.3 Å². The van der Waals surface area contributed by atoms with Gasteiger partial charge in [-0.1, -0.05) is 71.5 Å². The summed E-state index contributed by atoms with van der Waals surface area (Å²) in [4.78, 5) is 26.6. The van der Waals surface area contributed by atoms with Crippen LogP contribution in [0.15, 0.2) is 125 Å². The minimum Gasteiger partial charge on any atom is -0.380 e. The molecule has 2 aromatic carbocycles. The molecule has 10 nitrogen and oxygen atoms in total. The molecule has 2 saturated heterocycles. The lowest BCUT2D eigenvalue weighted by atomic mass is 10.0. The van der Waals surface area contributed by atoms with E-state index in [2.05, 4.69) is 163 Å². The van der Waals surface area contributed by atoms with E-state index in [4.69, 9.17) is 9.98 Å². The van der Waals surface area contributed by atoms with Gasteiger partial charge in [0.05, 0.1) is 29.0 Å². The summed E-state index contributed by atoms with van der Waals surface area (Å²) < 4.78 is 0. The molecule has 326 valence electrons. The molecule has 0 radical (unpaired) electrons. The van der Waals surface area contributed by atoms with Crippen molar-refractivity contribution in [1.82, 2.24) is 30.5 Å². The van der Waals surface area contributed by atoms with E-state index in [1.807, 2.05) is 18.3 Å². The molecule has 3 fully saturated rings. The number of aryl methyl sites for hydroxylation is 1. The van der Waals surface area contributed by atoms with Crippen LogP contribution in [0, 0.1) is 18.8 Å². The third-order valence-electron chi connectivity index (χ3n) is 12.2. The van der Waals surface area contributed by atoms with Crippen LogP contribution in [-0.2, 0) is 13.0 Å². The van der Waals surface area contributed by atoms with E-state index in [1.54, 1.807) is 6.33 Å². The molecular formula is C52H68N10. The molecule has 7 rings (SSSR count). The summed E-state index contributed by atoms with van der Waals surface area (Å²) in [5.41, 5.74) is 14.3. The Kier molecular flexibility index (Phi) is 14.6. The predicted molar refractivity (Wildman–Crippen MR) is 260 cm³/mol.